The van der Waals surface area contributed by atoms with Crippen molar-refractivity contribution in [3.63, 3.8) is 0 Å². The fourth-order valence-corrected chi connectivity index (χ4v) is 2.57. The topological polar surface area (TPSA) is 26.3 Å². The van der Waals surface area contributed by atoms with Gasteiger partial charge >= 0.3 is 5.97 Å². The van der Waals surface area contributed by atoms with Crippen LogP contribution in [0.3, 0.4) is 0 Å². The first-order valence-corrected chi connectivity index (χ1v) is 7.41. The van der Waals surface area contributed by atoms with E-state index < -0.39 is 0 Å². The summed E-state index contributed by atoms with van der Waals surface area (Å²) in [5.74, 6) is 0.118. The van der Waals surface area contributed by atoms with E-state index in [0.29, 0.717) is 5.92 Å². The number of hydrogen-bond donors (Lipinski definition) is 0. The summed E-state index contributed by atoms with van der Waals surface area (Å²) in [6, 6.07) is 0. The Bertz CT molecular complexity index is 241. The summed E-state index contributed by atoms with van der Waals surface area (Å²) in [4.78, 5) is 11.5. The number of esters is 1. The molecule has 0 radical (unpaired) electrons. The zero-order valence-electron chi connectivity index (χ0n) is 12.6. The molecule has 0 aromatic heterocycles. The van der Waals surface area contributed by atoms with Crippen LogP contribution >= 0.6 is 0 Å². The molecule has 0 heterocycles. The lowest BCUT2D eigenvalue weighted by atomic mass is 9.80. The van der Waals surface area contributed by atoms with E-state index in [9.17, 15) is 4.79 Å². The van der Waals surface area contributed by atoms with Crippen LogP contribution in [0.1, 0.15) is 72.6 Å². The van der Waals surface area contributed by atoms with E-state index in [1.165, 1.54) is 31.8 Å². The molecular formula is C16H30O2. The molecule has 106 valence electrons. The maximum Gasteiger partial charge on any atom is 0.330 e. The molecule has 0 aliphatic heterocycles. The van der Waals surface area contributed by atoms with E-state index in [4.69, 9.17) is 4.74 Å². The van der Waals surface area contributed by atoms with Gasteiger partial charge in [-0.15, -0.1) is 0 Å². The summed E-state index contributed by atoms with van der Waals surface area (Å²) in [7, 11) is 0. The quantitative estimate of drug-likeness (QED) is 0.315. The first kappa shape index (κ1) is 17.2. The molecule has 0 spiro atoms. The van der Waals surface area contributed by atoms with E-state index >= 15 is 0 Å². The molecule has 2 heteroatoms. The maximum atomic E-state index is 11.5. The number of carbonyl (C=O) groups is 1. The standard InChI is InChI=1S/C16H30O2/c1-6-10-11-12-13-14(5)16(8-3,9-4)18-15(17)7-2/h7,14H,2,6,8-13H2,1,3-5H3. The highest BCUT2D eigenvalue weighted by molar-refractivity contribution is 5.81. The average molecular weight is 254 g/mol. The second-order valence-electron chi connectivity index (χ2n) is 5.15. The summed E-state index contributed by atoms with van der Waals surface area (Å²) < 4.78 is 5.65. The van der Waals surface area contributed by atoms with Crippen molar-refractivity contribution in [1.82, 2.24) is 0 Å². The fraction of sp³-hybridized carbons (Fsp3) is 0.812. The molecule has 18 heavy (non-hydrogen) atoms. The molecular weight excluding hydrogens is 224 g/mol. The summed E-state index contributed by atoms with van der Waals surface area (Å²) in [5, 5.41) is 0. The third-order valence-electron chi connectivity index (χ3n) is 4.06. The Balaban J connectivity index is 4.45. The van der Waals surface area contributed by atoms with Gasteiger partial charge in [-0.25, -0.2) is 4.79 Å². The molecule has 0 aliphatic carbocycles. The summed E-state index contributed by atoms with van der Waals surface area (Å²) >= 11 is 0. The average Bonchev–Trinajstić information content (AvgIpc) is 2.40. The van der Waals surface area contributed by atoms with Crippen molar-refractivity contribution >= 4 is 5.97 Å². The van der Waals surface area contributed by atoms with Gasteiger partial charge in [-0.2, -0.15) is 0 Å². The molecule has 0 saturated heterocycles. The van der Waals surface area contributed by atoms with Gasteiger partial charge in [-0.3, -0.25) is 0 Å². The van der Waals surface area contributed by atoms with Crippen molar-refractivity contribution in [2.45, 2.75) is 78.2 Å². The van der Waals surface area contributed by atoms with Crippen molar-refractivity contribution in [3.8, 4) is 0 Å². The largest absolute Gasteiger partial charge is 0.456 e. The lowest BCUT2D eigenvalue weighted by Crippen LogP contribution is -2.40. The molecule has 0 aliphatic rings. The Kier molecular flexibility index (Phi) is 8.78. The van der Waals surface area contributed by atoms with Gasteiger partial charge in [0, 0.05) is 6.08 Å². The number of unbranched alkanes of at least 4 members (excludes halogenated alkanes) is 3. The minimum absolute atomic E-state index is 0.292. The van der Waals surface area contributed by atoms with Crippen LogP contribution in [0.4, 0.5) is 0 Å². The van der Waals surface area contributed by atoms with Crippen molar-refractivity contribution in [2.24, 2.45) is 5.92 Å². The van der Waals surface area contributed by atoms with Crippen molar-refractivity contribution in [3.05, 3.63) is 12.7 Å². The maximum absolute atomic E-state index is 11.5. The third kappa shape index (κ3) is 5.24. The van der Waals surface area contributed by atoms with Gasteiger partial charge in [0.25, 0.3) is 0 Å². The van der Waals surface area contributed by atoms with Crippen molar-refractivity contribution < 1.29 is 9.53 Å². The van der Waals surface area contributed by atoms with Gasteiger partial charge in [0.2, 0.25) is 0 Å². The van der Waals surface area contributed by atoms with Gasteiger partial charge in [-0.05, 0) is 25.2 Å². The van der Waals surface area contributed by atoms with Crippen LogP contribution in [0.5, 0.6) is 0 Å². The molecule has 0 aromatic rings. The summed E-state index contributed by atoms with van der Waals surface area (Å²) in [5.41, 5.74) is -0.308. The molecule has 0 amide bonds. The number of hydrogen-bond acceptors (Lipinski definition) is 2. The molecule has 0 bridgehead atoms. The molecule has 1 atom stereocenters. The monoisotopic (exact) mass is 254 g/mol. The first-order valence-electron chi connectivity index (χ1n) is 7.41. The lowest BCUT2D eigenvalue weighted by Gasteiger charge is -2.37. The second-order valence-corrected chi connectivity index (χ2v) is 5.15. The molecule has 0 aromatic carbocycles. The Morgan fingerprint density at radius 3 is 2.28 bits per heavy atom. The number of carbonyl (C=O) groups excluding carboxylic acids is 1. The molecule has 0 fully saturated rings. The second kappa shape index (κ2) is 9.18. The highest BCUT2D eigenvalue weighted by atomic mass is 16.6. The summed E-state index contributed by atoms with van der Waals surface area (Å²) in [6.45, 7) is 12.1. The van der Waals surface area contributed by atoms with Gasteiger partial charge in [0.15, 0.2) is 0 Å². The van der Waals surface area contributed by atoms with Gasteiger partial charge in [-0.1, -0.05) is 60.0 Å². The SMILES string of the molecule is C=CC(=O)OC(CC)(CC)C(C)CCCCCC. The third-order valence-corrected chi connectivity index (χ3v) is 4.06. The lowest BCUT2D eigenvalue weighted by molar-refractivity contribution is -0.161. The Labute approximate surface area is 113 Å². The van der Waals surface area contributed by atoms with Crippen LogP contribution in [0.25, 0.3) is 0 Å². The van der Waals surface area contributed by atoms with Crippen molar-refractivity contribution in [2.75, 3.05) is 0 Å². The van der Waals surface area contributed by atoms with Gasteiger partial charge < -0.3 is 4.74 Å². The Morgan fingerprint density at radius 2 is 1.83 bits per heavy atom. The predicted molar refractivity (Wildman–Crippen MR) is 77.5 cm³/mol. The Morgan fingerprint density at radius 1 is 1.22 bits per heavy atom. The zero-order valence-corrected chi connectivity index (χ0v) is 12.6. The highest BCUT2D eigenvalue weighted by Gasteiger charge is 2.35. The van der Waals surface area contributed by atoms with Gasteiger partial charge in [0.05, 0.1) is 0 Å². The van der Waals surface area contributed by atoms with Gasteiger partial charge in [0.1, 0.15) is 5.60 Å². The molecule has 0 N–H and O–H groups in total. The molecule has 2 nitrogen and oxygen atoms in total. The molecule has 0 saturated carbocycles. The number of rotatable bonds is 10. The Hall–Kier alpha value is -0.790. The van der Waals surface area contributed by atoms with Crippen LogP contribution in [0.15, 0.2) is 12.7 Å². The highest BCUT2D eigenvalue weighted by Crippen LogP contribution is 2.33. The zero-order chi connectivity index (χ0) is 14.0. The minimum Gasteiger partial charge on any atom is -0.456 e. The van der Waals surface area contributed by atoms with Crippen LogP contribution in [0.2, 0.25) is 0 Å². The smallest absolute Gasteiger partial charge is 0.330 e. The first-order chi connectivity index (χ1) is 8.56. The summed E-state index contributed by atoms with van der Waals surface area (Å²) in [6.07, 6.45) is 9.20. The number of ether oxygens (including phenoxy) is 1. The van der Waals surface area contributed by atoms with E-state index in [0.717, 1.165) is 19.3 Å². The van der Waals surface area contributed by atoms with Crippen LogP contribution in [-0.2, 0) is 9.53 Å². The normalized spacial score (nSPS) is 13.1. The van der Waals surface area contributed by atoms with Crippen LogP contribution in [-0.4, -0.2) is 11.6 Å². The fourth-order valence-electron chi connectivity index (χ4n) is 2.57. The minimum atomic E-state index is -0.308. The van der Waals surface area contributed by atoms with E-state index in [1.54, 1.807) is 0 Å². The molecule has 0 rings (SSSR count). The van der Waals surface area contributed by atoms with Crippen LogP contribution < -0.4 is 0 Å². The molecule has 1 unspecified atom stereocenters. The van der Waals surface area contributed by atoms with E-state index in [-0.39, 0.29) is 11.6 Å². The van der Waals surface area contributed by atoms with E-state index in [1.807, 2.05) is 0 Å². The van der Waals surface area contributed by atoms with Crippen molar-refractivity contribution in [1.29, 1.82) is 0 Å². The van der Waals surface area contributed by atoms with E-state index in [2.05, 4.69) is 34.3 Å². The predicted octanol–water partition coefficient (Wildman–Crippen LogP) is 4.88. The van der Waals surface area contributed by atoms with Crippen LogP contribution in [0, 0.1) is 5.92 Å².